The third kappa shape index (κ3) is 3.32. The fourth-order valence-corrected chi connectivity index (χ4v) is 3.76. The Bertz CT molecular complexity index is 489. The number of ether oxygens (including phenoxy) is 5. The summed E-state index contributed by atoms with van der Waals surface area (Å²) in [5, 5.41) is 0. The van der Waals surface area contributed by atoms with E-state index in [0.717, 1.165) is 0 Å². The minimum absolute atomic E-state index is 0.0595. The van der Waals surface area contributed by atoms with Crippen LogP contribution in [0.5, 0.6) is 0 Å². The highest BCUT2D eigenvalue weighted by molar-refractivity contribution is 5.76. The van der Waals surface area contributed by atoms with Gasteiger partial charge in [-0.3, -0.25) is 4.79 Å². The first kappa shape index (κ1) is 18.1. The van der Waals surface area contributed by atoms with Crippen molar-refractivity contribution in [1.82, 2.24) is 4.90 Å². The molecule has 0 aromatic rings. The first-order valence-corrected chi connectivity index (χ1v) is 8.80. The van der Waals surface area contributed by atoms with Crippen LogP contribution in [0.3, 0.4) is 0 Å². The van der Waals surface area contributed by atoms with Gasteiger partial charge in [-0.05, 0) is 41.5 Å². The van der Waals surface area contributed by atoms with Crippen LogP contribution < -0.4 is 0 Å². The highest BCUT2D eigenvalue weighted by atomic mass is 16.9. The second-order valence-corrected chi connectivity index (χ2v) is 7.48. The summed E-state index contributed by atoms with van der Waals surface area (Å²) >= 11 is 0. The molecule has 0 aromatic carbocycles. The molecule has 0 unspecified atom stereocenters. The zero-order valence-electron chi connectivity index (χ0n) is 15.4. The fraction of sp³-hybridized carbons (Fsp3) is 0.941. The van der Waals surface area contributed by atoms with Crippen molar-refractivity contribution in [1.29, 1.82) is 0 Å². The average molecular weight is 343 g/mol. The molecule has 3 saturated heterocycles. The van der Waals surface area contributed by atoms with Crippen molar-refractivity contribution in [2.75, 3.05) is 13.1 Å². The quantitative estimate of drug-likeness (QED) is 0.773. The highest BCUT2D eigenvalue weighted by Crippen LogP contribution is 2.44. The van der Waals surface area contributed by atoms with E-state index < -0.39 is 17.9 Å². The first-order valence-electron chi connectivity index (χ1n) is 8.80. The summed E-state index contributed by atoms with van der Waals surface area (Å²) in [6.07, 6.45) is -1.59. The molecule has 0 spiro atoms. The number of hydrogen-bond donors (Lipinski definition) is 0. The summed E-state index contributed by atoms with van der Waals surface area (Å²) in [5.41, 5.74) is 0. The smallest absolute Gasteiger partial charge is 0.225 e. The molecule has 3 rings (SSSR count). The lowest BCUT2D eigenvalue weighted by molar-refractivity contribution is -0.343. The molecule has 5 atom stereocenters. The van der Waals surface area contributed by atoms with E-state index in [1.807, 2.05) is 41.5 Å². The van der Waals surface area contributed by atoms with E-state index in [1.165, 1.54) is 0 Å². The van der Waals surface area contributed by atoms with E-state index in [2.05, 4.69) is 0 Å². The zero-order valence-corrected chi connectivity index (χ0v) is 15.4. The van der Waals surface area contributed by atoms with Crippen molar-refractivity contribution in [2.45, 2.75) is 90.2 Å². The predicted octanol–water partition coefficient (Wildman–Crippen LogP) is 1.64. The fourth-order valence-electron chi connectivity index (χ4n) is 3.76. The molecule has 3 aliphatic heterocycles. The second kappa shape index (κ2) is 6.21. The van der Waals surface area contributed by atoms with Crippen LogP contribution in [-0.2, 0) is 28.5 Å². The average Bonchev–Trinajstić information content (AvgIpc) is 2.92. The largest absolute Gasteiger partial charge is 0.344 e. The standard InChI is InChI=1S/C17H29NO6/c1-7-18(8-2)11(19)9-10-12-13(22-16(3,4)21-10)14-15(20-12)24-17(5,6)23-14/h10,12-15H,7-9H2,1-6H3/t10-,12-,13+,14-,15-/m1/s1. The number of hydrogen-bond acceptors (Lipinski definition) is 6. The van der Waals surface area contributed by atoms with Crippen LogP contribution in [0.2, 0.25) is 0 Å². The van der Waals surface area contributed by atoms with E-state index in [0.29, 0.717) is 13.1 Å². The van der Waals surface area contributed by atoms with Crippen LogP contribution >= 0.6 is 0 Å². The molecular weight excluding hydrogens is 314 g/mol. The maximum absolute atomic E-state index is 12.5. The molecule has 1 amide bonds. The summed E-state index contributed by atoms with van der Waals surface area (Å²) in [4.78, 5) is 14.3. The van der Waals surface area contributed by atoms with Gasteiger partial charge in [-0.25, -0.2) is 0 Å². The molecule has 3 aliphatic rings. The summed E-state index contributed by atoms with van der Waals surface area (Å²) in [6.45, 7) is 12.7. The van der Waals surface area contributed by atoms with E-state index in [9.17, 15) is 4.79 Å². The normalized spacial score (nSPS) is 39.3. The van der Waals surface area contributed by atoms with Crippen molar-refractivity contribution in [3.05, 3.63) is 0 Å². The molecule has 24 heavy (non-hydrogen) atoms. The molecule has 3 heterocycles. The van der Waals surface area contributed by atoms with Crippen LogP contribution in [0.1, 0.15) is 48.0 Å². The Hall–Kier alpha value is -0.730. The van der Waals surface area contributed by atoms with E-state index in [-0.39, 0.29) is 36.7 Å². The van der Waals surface area contributed by atoms with Gasteiger partial charge in [-0.15, -0.1) is 0 Å². The second-order valence-electron chi connectivity index (χ2n) is 7.48. The molecule has 0 radical (unpaired) electrons. The van der Waals surface area contributed by atoms with Gasteiger partial charge in [0.2, 0.25) is 5.91 Å². The third-order valence-corrected chi connectivity index (χ3v) is 4.74. The van der Waals surface area contributed by atoms with Crippen LogP contribution in [0, 0.1) is 0 Å². The molecule has 7 nitrogen and oxygen atoms in total. The van der Waals surface area contributed by atoms with Crippen molar-refractivity contribution in [3.63, 3.8) is 0 Å². The lowest BCUT2D eigenvalue weighted by Gasteiger charge is -2.43. The summed E-state index contributed by atoms with van der Waals surface area (Å²) in [6, 6.07) is 0. The third-order valence-electron chi connectivity index (χ3n) is 4.74. The van der Waals surface area contributed by atoms with Gasteiger partial charge in [0.15, 0.2) is 17.9 Å². The van der Waals surface area contributed by atoms with Gasteiger partial charge in [-0.1, -0.05) is 0 Å². The maximum Gasteiger partial charge on any atom is 0.225 e. The van der Waals surface area contributed by atoms with Gasteiger partial charge >= 0.3 is 0 Å². The number of carbonyl (C=O) groups is 1. The van der Waals surface area contributed by atoms with Crippen molar-refractivity contribution < 1.29 is 28.5 Å². The van der Waals surface area contributed by atoms with Gasteiger partial charge in [0, 0.05) is 13.1 Å². The van der Waals surface area contributed by atoms with Crippen LogP contribution in [0.25, 0.3) is 0 Å². The molecule has 0 aliphatic carbocycles. The van der Waals surface area contributed by atoms with Crippen LogP contribution in [0.15, 0.2) is 0 Å². The van der Waals surface area contributed by atoms with Crippen LogP contribution in [0.4, 0.5) is 0 Å². The minimum Gasteiger partial charge on any atom is -0.344 e. The highest BCUT2D eigenvalue weighted by Gasteiger charge is 2.61. The molecule has 0 N–H and O–H groups in total. The Morgan fingerprint density at radius 2 is 1.46 bits per heavy atom. The SMILES string of the molecule is CCN(CC)C(=O)C[C@H]1OC(C)(C)O[C@@H]2[C@H]3OC(C)(C)O[C@H]3O[C@@H]21. The Balaban J connectivity index is 1.75. The maximum atomic E-state index is 12.5. The minimum atomic E-state index is -0.802. The molecule has 0 aromatic heterocycles. The Morgan fingerprint density at radius 1 is 0.875 bits per heavy atom. The molecule has 0 saturated carbocycles. The monoisotopic (exact) mass is 343 g/mol. The number of amides is 1. The van der Waals surface area contributed by atoms with Gasteiger partial charge in [0.25, 0.3) is 0 Å². The number of fused-ring (bicyclic) bond motifs is 3. The topological polar surface area (TPSA) is 66.5 Å². The van der Waals surface area contributed by atoms with Crippen LogP contribution in [-0.4, -0.2) is 66.2 Å². The Labute approximate surface area is 143 Å². The Morgan fingerprint density at radius 3 is 2.08 bits per heavy atom. The molecular formula is C17H29NO6. The van der Waals surface area contributed by atoms with E-state index in [1.54, 1.807) is 4.90 Å². The molecule has 7 heteroatoms. The summed E-state index contributed by atoms with van der Waals surface area (Å²) in [5.74, 6) is -1.44. The summed E-state index contributed by atoms with van der Waals surface area (Å²) < 4.78 is 29.8. The van der Waals surface area contributed by atoms with Crippen molar-refractivity contribution in [3.8, 4) is 0 Å². The van der Waals surface area contributed by atoms with Gasteiger partial charge in [-0.2, -0.15) is 0 Å². The van der Waals surface area contributed by atoms with E-state index >= 15 is 0 Å². The lowest BCUT2D eigenvalue weighted by atomic mass is 9.99. The van der Waals surface area contributed by atoms with Crippen molar-refractivity contribution in [2.24, 2.45) is 0 Å². The number of nitrogens with zero attached hydrogens (tertiary/aromatic N) is 1. The lowest BCUT2D eigenvalue weighted by Crippen LogP contribution is -2.56. The van der Waals surface area contributed by atoms with Gasteiger partial charge in [0.05, 0.1) is 12.5 Å². The molecule has 3 fully saturated rings. The predicted molar refractivity (Wildman–Crippen MR) is 85.1 cm³/mol. The molecule has 0 bridgehead atoms. The Kier molecular flexibility index (Phi) is 4.68. The van der Waals surface area contributed by atoms with Gasteiger partial charge in [0.1, 0.15) is 18.3 Å². The van der Waals surface area contributed by atoms with Crippen molar-refractivity contribution >= 4 is 5.91 Å². The zero-order chi connectivity index (χ0) is 17.7. The van der Waals surface area contributed by atoms with Gasteiger partial charge < -0.3 is 28.6 Å². The first-order chi connectivity index (χ1) is 11.2. The number of carbonyl (C=O) groups excluding carboxylic acids is 1. The number of rotatable bonds is 4. The van der Waals surface area contributed by atoms with E-state index in [4.69, 9.17) is 23.7 Å². The summed E-state index contributed by atoms with van der Waals surface area (Å²) in [7, 11) is 0. The molecule has 138 valence electrons.